The van der Waals surface area contributed by atoms with E-state index in [1.165, 1.54) is 5.56 Å². The maximum absolute atomic E-state index is 6.38. The van der Waals surface area contributed by atoms with Gasteiger partial charge in [-0.05, 0) is 75.8 Å². The molecular weight excluding hydrogens is 389 g/mol. The molecule has 1 aliphatic rings. The molecule has 0 N–H and O–H groups in total. The van der Waals surface area contributed by atoms with Crippen molar-refractivity contribution >= 4 is 31.8 Å². The summed E-state index contributed by atoms with van der Waals surface area (Å²) in [4.78, 5) is 4.66. The first-order valence-electron chi connectivity index (χ1n) is 11.1. The zero-order chi connectivity index (χ0) is 22.4. The second-order valence-corrected chi connectivity index (χ2v) is 15.9. The van der Waals surface area contributed by atoms with Crippen LogP contribution in [0, 0.1) is 0 Å². The van der Waals surface area contributed by atoms with E-state index < -0.39 is 8.32 Å². The van der Waals surface area contributed by atoms with Crippen LogP contribution >= 0.6 is 0 Å². The third-order valence-electron chi connectivity index (χ3n) is 7.19. The molecule has 0 atom stereocenters. The minimum atomic E-state index is -1.72. The van der Waals surface area contributed by atoms with Gasteiger partial charge in [0.05, 0.1) is 16.7 Å². The van der Waals surface area contributed by atoms with Gasteiger partial charge in [0, 0.05) is 18.2 Å². The highest BCUT2D eigenvalue weighted by molar-refractivity contribution is 6.74. The largest absolute Gasteiger partial charge is 0.494 e. The van der Waals surface area contributed by atoms with Gasteiger partial charge in [-0.15, -0.1) is 0 Å². The van der Waals surface area contributed by atoms with Gasteiger partial charge in [-0.2, -0.15) is 0 Å². The summed E-state index contributed by atoms with van der Waals surface area (Å²) in [6.45, 7) is 20.6. The van der Waals surface area contributed by atoms with Crippen molar-refractivity contribution in [1.29, 1.82) is 0 Å². The molecule has 0 unspecified atom stereocenters. The van der Waals surface area contributed by atoms with Gasteiger partial charge in [0.1, 0.15) is 0 Å². The predicted octanol–water partition coefficient (Wildman–Crippen LogP) is 5.49. The van der Waals surface area contributed by atoms with E-state index in [9.17, 15) is 0 Å². The molecule has 3 rings (SSSR count). The van der Waals surface area contributed by atoms with Gasteiger partial charge in [-0.3, -0.25) is 4.98 Å². The van der Waals surface area contributed by atoms with E-state index in [2.05, 4.69) is 84.7 Å². The molecule has 2 aromatic rings. The van der Waals surface area contributed by atoms with Crippen molar-refractivity contribution in [2.24, 2.45) is 0 Å². The molecule has 30 heavy (non-hydrogen) atoms. The average Bonchev–Trinajstić information content (AvgIpc) is 2.85. The molecule has 1 aromatic heterocycles. The van der Waals surface area contributed by atoms with Crippen LogP contribution in [0.5, 0.6) is 0 Å². The third kappa shape index (κ3) is 4.67. The van der Waals surface area contributed by atoms with Crippen LogP contribution in [0.25, 0.3) is 10.9 Å². The highest BCUT2D eigenvalue weighted by atomic mass is 28.4. The Bertz CT molecular complexity index is 889. The second kappa shape index (κ2) is 8.05. The maximum atomic E-state index is 6.38. The Balaban J connectivity index is 1.80. The molecule has 4 nitrogen and oxygen atoms in total. The van der Waals surface area contributed by atoms with Crippen molar-refractivity contribution in [1.82, 2.24) is 4.98 Å². The molecule has 0 spiro atoms. The molecule has 0 amide bonds. The maximum Gasteiger partial charge on any atom is 0.494 e. The van der Waals surface area contributed by atoms with Crippen LogP contribution in [-0.4, -0.2) is 38.2 Å². The topological polar surface area (TPSA) is 40.6 Å². The van der Waals surface area contributed by atoms with Crippen molar-refractivity contribution in [2.75, 3.05) is 6.61 Å². The lowest BCUT2D eigenvalue weighted by molar-refractivity contribution is 0.00578. The molecule has 0 aliphatic carbocycles. The molecule has 1 fully saturated rings. The molecule has 164 valence electrons. The van der Waals surface area contributed by atoms with Crippen molar-refractivity contribution < 1.29 is 13.7 Å². The zero-order valence-corrected chi connectivity index (χ0v) is 21.3. The molecule has 2 heterocycles. The first kappa shape index (κ1) is 23.5. The van der Waals surface area contributed by atoms with Crippen LogP contribution in [0.4, 0.5) is 0 Å². The Morgan fingerprint density at radius 3 is 2.30 bits per heavy atom. The zero-order valence-electron chi connectivity index (χ0n) is 20.3. The third-order valence-corrected chi connectivity index (χ3v) is 11.7. The summed E-state index contributed by atoms with van der Waals surface area (Å²) >= 11 is 0. The van der Waals surface area contributed by atoms with Gasteiger partial charge < -0.3 is 13.7 Å². The number of rotatable bonds is 6. The van der Waals surface area contributed by atoms with Crippen LogP contribution in [0.1, 0.15) is 60.5 Å². The van der Waals surface area contributed by atoms with E-state index in [1.807, 2.05) is 12.3 Å². The summed E-state index contributed by atoms with van der Waals surface area (Å²) in [5.74, 6) is 0. The Morgan fingerprint density at radius 2 is 1.70 bits per heavy atom. The van der Waals surface area contributed by atoms with E-state index in [4.69, 9.17) is 13.7 Å². The van der Waals surface area contributed by atoms with Crippen LogP contribution in [0.3, 0.4) is 0 Å². The monoisotopic (exact) mass is 427 g/mol. The van der Waals surface area contributed by atoms with Crippen LogP contribution < -0.4 is 5.46 Å². The lowest BCUT2D eigenvalue weighted by atomic mass is 9.77. The number of fused-ring (bicyclic) bond motifs is 1. The summed E-state index contributed by atoms with van der Waals surface area (Å²) in [6.07, 6.45) is 3.77. The van der Waals surface area contributed by atoms with Crippen LogP contribution in [-0.2, 0) is 20.2 Å². The standard InChI is InChI=1S/C24H38BNO3Si/c1-22(2,3)30(8,9)27-15-11-13-19-17-20(16-18-12-10-14-26-21(18)19)25-28-23(4,5)24(6,7)29-25/h10,12,14,16-17H,11,13,15H2,1-9H3. The molecular formula is C24H38BNO3Si. The van der Waals surface area contributed by atoms with Crippen molar-refractivity contribution in [3.8, 4) is 0 Å². The Labute approximate surface area is 184 Å². The number of aromatic nitrogens is 1. The van der Waals surface area contributed by atoms with E-state index >= 15 is 0 Å². The van der Waals surface area contributed by atoms with Gasteiger partial charge in [0.15, 0.2) is 8.32 Å². The van der Waals surface area contributed by atoms with E-state index in [0.717, 1.165) is 35.8 Å². The fourth-order valence-corrected chi connectivity index (χ4v) is 4.49. The normalized spacial score (nSPS) is 18.9. The summed E-state index contributed by atoms with van der Waals surface area (Å²) in [7, 11) is -2.08. The molecule has 0 bridgehead atoms. The number of nitrogens with zero attached hydrogens (tertiary/aromatic N) is 1. The van der Waals surface area contributed by atoms with Gasteiger partial charge in [-0.1, -0.05) is 39.0 Å². The highest BCUT2D eigenvalue weighted by Gasteiger charge is 2.51. The number of aryl methyl sites for hydroxylation is 1. The van der Waals surface area contributed by atoms with Crippen LogP contribution in [0.15, 0.2) is 30.5 Å². The summed E-state index contributed by atoms with van der Waals surface area (Å²) in [6, 6.07) is 8.47. The lowest BCUT2D eigenvalue weighted by Gasteiger charge is -2.36. The first-order valence-corrected chi connectivity index (χ1v) is 14.0. The molecule has 6 heteroatoms. The van der Waals surface area contributed by atoms with E-state index in [1.54, 1.807) is 0 Å². The SMILES string of the molecule is CC1(C)OB(c2cc(CCCO[Si](C)(C)C(C)(C)C)c3ncccc3c2)OC1(C)C. The quantitative estimate of drug-likeness (QED) is 0.452. The Kier molecular flexibility index (Phi) is 6.29. The van der Waals surface area contributed by atoms with Gasteiger partial charge in [0.25, 0.3) is 0 Å². The van der Waals surface area contributed by atoms with Gasteiger partial charge in [0.2, 0.25) is 0 Å². The number of hydrogen-bond donors (Lipinski definition) is 0. The van der Waals surface area contributed by atoms with Crippen molar-refractivity contribution in [3.05, 3.63) is 36.0 Å². The number of pyridine rings is 1. The van der Waals surface area contributed by atoms with Crippen molar-refractivity contribution in [2.45, 2.75) is 90.6 Å². The van der Waals surface area contributed by atoms with Gasteiger partial charge in [-0.25, -0.2) is 0 Å². The summed E-state index contributed by atoms with van der Waals surface area (Å²) < 4.78 is 19.0. The second-order valence-electron chi connectivity index (χ2n) is 11.1. The molecule has 0 radical (unpaired) electrons. The fourth-order valence-electron chi connectivity index (χ4n) is 3.41. The van der Waals surface area contributed by atoms with Crippen molar-refractivity contribution in [3.63, 3.8) is 0 Å². The number of benzene rings is 1. The van der Waals surface area contributed by atoms with E-state index in [-0.39, 0.29) is 23.4 Å². The fraction of sp³-hybridized carbons (Fsp3) is 0.625. The Hall–Kier alpha value is -1.21. The van der Waals surface area contributed by atoms with Gasteiger partial charge >= 0.3 is 7.12 Å². The number of hydrogen-bond acceptors (Lipinski definition) is 4. The van der Waals surface area contributed by atoms with Crippen LogP contribution in [0.2, 0.25) is 18.1 Å². The summed E-state index contributed by atoms with van der Waals surface area (Å²) in [5.41, 5.74) is 2.66. The Morgan fingerprint density at radius 1 is 1.07 bits per heavy atom. The highest BCUT2D eigenvalue weighted by Crippen LogP contribution is 2.37. The average molecular weight is 427 g/mol. The smallest absolute Gasteiger partial charge is 0.417 e. The van der Waals surface area contributed by atoms with E-state index in [0.29, 0.717) is 0 Å². The molecule has 1 saturated heterocycles. The molecule has 1 aromatic carbocycles. The molecule has 0 saturated carbocycles. The predicted molar refractivity (Wildman–Crippen MR) is 129 cm³/mol. The minimum absolute atomic E-state index is 0.234. The first-order chi connectivity index (χ1) is 13.7. The minimum Gasteiger partial charge on any atom is -0.417 e. The molecule has 1 aliphatic heterocycles. The lowest BCUT2D eigenvalue weighted by Crippen LogP contribution is -2.41. The summed E-state index contributed by atoms with van der Waals surface area (Å²) in [5, 5.41) is 1.36.